The number of ether oxygens (including phenoxy) is 1. The van der Waals surface area contributed by atoms with Gasteiger partial charge in [-0.2, -0.15) is 0 Å². The van der Waals surface area contributed by atoms with E-state index in [4.69, 9.17) is 4.74 Å². The molecule has 0 radical (unpaired) electrons. The quantitative estimate of drug-likeness (QED) is 0.853. The van der Waals surface area contributed by atoms with E-state index in [0.717, 1.165) is 16.0 Å². The SMILES string of the molecule is CSc1ccccc1C(O)c1cncc(OC(C)C)c1. The van der Waals surface area contributed by atoms with Crippen molar-refractivity contribution in [2.45, 2.75) is 31.0 Å². The highest BCUT2D eigenvalue weighted by atomic mass is 32.2. The molecular weight excluding hydrogens is 270 g/mol. The van der Waals surface area contributed by atoms with Crippen LogP contribution in [0.5, 0.6) is 5.75 Å². The molecule has 0 amide bonds. The molecule has 106 valence electrons. The number of aromatic nitrogens is 1. The summed E-state index contributed by atoms with van der Waals surface area (Å²) in [6.45, 7) is 3.93. The van der Waals surface area contributed by atoms with Crippen LogP contribution >= 0.6 is 11.8 Å². The molecule has 1 aromatic heterocycles. The molecule has 0 aliphatic heterocycles. The molecule has 1 unspecified atom stereocenters. The predicted octanol–water partition coefficient (Wildman–Crippen LogP) is 3.67. The number of aliphatic hydroxyl groups is 1. The molecule has 3 nitrogen and oxygen atoms in total. The van der Waals surface area contributed by atoms with Crippen LogP contribution in [-0.4, -0.2) is 22.5 Å². The summed E-state index contributed by atoms with van der Waals surface area (Å²) in [5.74, 6) is 0.679. The lowest BCUT2D eigenvalue weighted by atomic mass is 10.0. The van der Waals surface area contributed by atoms with Crippen molar-refractivity contribution in [3.63, 3.8) is 0 Å². The number of aliphatic hydroxyl groups excluding tert-OH is 1. The molecule has 0 aliphatic rings. The van der Waals surface area contributed by atoms with Gasteiger partial charge < -0.3 is 9.84 Å². The number of thioether (sulfide) groups is 1. The van der Waals surface area contributed by atoms with Crippen LogP contribution in [0.15, 0.2) is 47.6 Å². The lowest BCUT2D eigenvalue weighted by Gasteiger charge is -2.16. The number of hydrogen-bond donors (Lipinski definition) is 1. The number of hydrogen-bond acceptors (Lipinski definition) is 4. The maximum atomic E-state index is 10.6. The third-order valence-electron chi connectivity index (χ3n) is 2.86. The average molecular weight is 289 g/mol. The van der Waals surface area contributed by atoms with Crippen LogP contribution in [0, 0.1) is 0 Å². The van der Waals surface area contributed by atoms with E-state index in [1.807, 2.05) is 50.4 Å². The summed E-state index contributed by atoms with van der Waals surface area (Å²) in [7, 11) is 0. The Balaban J connectivity index is 2.30. The topological polar surface area (TPSA) is 42.4 Å². The Kier molecular flexibility index (Phi) is 5.04. The van der Waals surface area contributed by atoms with Gasteiger partial charge in [-0.05, 0) is 37.8 Å². The maximum Gasteiger partial charge on any atom is 0.138 e. The zero-order valence-electron chi connectivity index (χ0n) is 11.9. The summed E-state index contributed by atoms with van der Waals surface area (Å²) in [6, 6.07) is 9.69. The lowest BCUT2D eigenvalue weighted by molar-refractivity contribution is 0.213. The lowest BCUT2D eigenvalue weighted by Crippen LogP contribution is -2.07. The molecule has 0 fully saturated rings. The highest BCUT2D eigenvalue weighted by molar-refractivity contribution is 7.98. The summed E-state index contributed by atoms with van der Waals surface area (Å²) in [5.41, 5.74) is 1.63. The number of pyridine rings is 1. The zero-order valence-corrected chi connectivity index (χ0v) is 12.7. The summed E-state index contributed by atoms with van der Waals surface area (Å²) in [6.07, 6.45) is 4.73. The van der Waals surface area contributed by atoms with Gasteiger partial charge in [0.05, 0.1) is 12.3 Å². The molecule has 0 spiro atoms. The highest BCUT2D eigenvalue weighted by Gasteiger charge is 2.15. The van der Waals surface area contributed by atoms with E-state index >= 15 is 0 Å². The van der Waals surface area contributed by atoms with Crippen LogP contribution in [0.2, 0.25) is 0 Å². The van der Waals surface area contributed by atoms with Crippen molar-refractivity contribution in [2.75, 3.05) is 6.26 Å². The van der Waals surface area contributed by atoms with E-state index in [-0.39, 0.29) is 6.10 Å². The van der Waals surface area contributed by atoms with Crippen LogP contribution in [0.3, 0.4) is 0 Å². The van der Waals surface area contributed by atoms with Gasteiger partial charge in [0.25, 0.3) is 0 Å². The minimum Gasteiger partial charge on any atom is -0.489 e. The Bertz CT molecular complexity index is 572. The fourth-order valence-electron chi connectivity index (χ4n) is 1.99. The third kappa shape index (κ3) is 3.52. The van der Waals surface area contributed by atoms with Gasteiger partial charge in [-0.1, -0.05) is 18.2 Å². The Morgan fingerprint density at radius 2 is 1.95 bits per heavy atom. The van der Waals surface area contributed by atoms with Crippen molar-refractivity contribution in [1.29, 1.82) is 0 Å². The van der Waals surface area contributed by atoms with E-state index in [0.29, 0.717) is 5.75 Å². The number of nitrogens with zero attached hydrogens (tertiary/aromatic N) is 1. The van der Waals surface area contributed by atoms with Crippen LogP contribution in [-0.2, 0) is 0 Å². The van der Waals surface area contributed by atoms with Gasteiger partial charge in [-0.15, -0.1) is 11.8 Å². The molecule has 0 aliphatic carbocycles. The van der Waals surface area contributed by atoms with Crippen molar-refractivity contribution >= 4 is 11.8 Å². The maximum absolute atomic E-state index is 10.6. The van der Waals surface area contributed by atoms with Crippen LogP contribution < -0.4 is 4.74 Å². The van der Waals surface area contributed by atoms with E-state index in [1.54, 1.807) is 24.2 Å². The standard InChI is InChI=1S/C16H19NO2S/c1-11(2)19-13-8-12(9-17-10-13)16(18)14-6-4-5-7-15(14)20-3/h4-11,16,18H,1-3H3. The summed E-state index contributed by atoms with van der Waals surface area (Å²) in [5, 5.41) is 10.6. The third-order valence-corrected chi connectivity index (χ3v) is 3.67. The first-order chi connectivity index (χ1) is 9.61. The predicted molar refractivity (Wildman–Crippen MR) is 82.3 cm³/mol. The van der Waals surface area contributed by atoms with E-state index < -0.39 is 6.10 Å². The monoisotopic (exact) mass is 289 g/mol. The molecule has 1 heterocycles. The zero-order chi connectivity index (χ0) is 14.5. The van der Waals surface area contributed by atoms with Gasteiger partial charge in [0, 0.05) is 16.7 Å². The van der Waals surface area contributed by atoms with Crippen molar-refractivity contribution < 1.29 is 9.84 Å². The first-order valence-corrected chi connectivity index (χ1v) is 7.77. The normalized spacial score (nSPS) is 12.4. The molecule has 0 saturated carbocycles. The Hall–Kier alpha value is -1.52. The van der Waals surface area contributed by atoms with Crippen molar-refractivity contribution in [1.82, 2.24) is 4.98 Å². The second kappa shape index (κ2) is 6.77. The van der Waals surface area contributed by atoms with Crippen LogP contribution in [0.1, 0.15) is 31.1 Å². The Morgan fingerprint density at radius 3 is 2.65 bits per heavy atom. The molecular formula is C16H19NO2S. The van der Waals surface area contributed by atoms with Crippen molar-refractivity contribution in [3.8, 4) is 5.75 Å². The van der Waals surface area contributed by atoms with Gasteiger partial charge in [-0.3, -0.25) is 4.98 Å². The molecule has 20 heavy (non-hydrogen) atoms. The second-order valence-electron chi connectivity index (χ2n) is 4.77. The van der Waals surface area contributed by atoms with Gasteiger partial charge in [-0.25, -0.2) is 0 Å². The van der Waals surface area contributed by atoms with Gasteiger partial charge in [0.15, 0.2) is 0 Å². The Labute approximate surface area is 124 Å². The molecule has 2 rings (SSSR count). The smallest absolute Gasteiger partial charge is 0.138 e. The van der Waals surface area contributed by atoms with E-state index in [1.165, 1.54) is 0 Å². The van der Waals surface area contributed by atoms with Crippen LogP contribution in [0.4, 0.5) is 0 Å². The van der Waals surface area contributed by atoms with Gasteiger partial charge in [0.1, 0.15) is 11.9 Å². The van der Waals surface area contributed by atoms with E-state index in [2.05, 4.69) is 4.98 Å². The first-order valence-electron chi connectivity index (χ1n) is 6.54. The minimum atomic E-state index is -0.693. The number of rotatable bonds is 5. The Morgan fingerprint density at radius 1 is 1.20 bits per heavy atom. The minimum absolute atomic E-state index is 0.0858. The van der Waals surface area contributed by atoms with Crippen molar-refractivity contribution in [2.24, 2.45) is 0 Å². The molecule has 1 aromatic carbocycles. The molecule has 0 saturated heterocycles. The molecule has 1 N–H and O–H groups in total. The summed E-state index contributed by atoms with van der Waals surface area (Å²) < 4.78 is 5.62. The van der Waals surface area contributed by atoms with E-state index in [9.17, 15) is 5.11 Å². The largest absolute Gasteiger partial charge is 0.489 e. The van der Waals surface area contributed by atoms with Crippen LogP contribution in [0.25, 0.3) is 0 Å². The average Bonchev–Trinajstić information content (AvgIpc) is 2.46. The number of benzene rings is 1. The fourth-order valence-corrected chi connectivity index (χ4v) is 2.62. The highest BCUT2D eigenvalue weighted by Crippen LogP contribution is 2.30. The molecule has 0 bridgehead atoms. The summed E-state index contributed by atoms with van der Waals surface area (Å²) in [4.78, 5) is 5.21. The second-order valence-corrected chi connectivity index (χ2v) is 5.61. The van der Waals surface area contributed by atoms with Crippen molar-refractivity contribution in [3.05, 3.63) is 53.9 Å². The fraction of sp³-hybridized carbons (Fsp3) is 0.312. The first kappa shape index (κ1) is 14.9. The van der Waals surface area contributed by atoms with Gasteiger partial charge in [0.2, 0.25) is 0 Å². The molecule has 2 aromatic rings. The van der Waals surface area contributed by atoms with Gasteiger partial charge >= 0.3 is 0 Å². The molecule has 4 heteroatoms. The molecule has 1 atom stereocenters. The summed E-state index contributed by atoms with van der Waals surface area (Å²) >= 11 is 1.62.